The highest BCUT2D eigenvalue weighted by Crippen LogP contribution is 2.30. The van der Waals surface area contributed by atoms with E-state index < -0.39 is 5.92 Å². The number of benzene rings is 2. The van der Waals surface area contributed by atoms with Gasteiger partial charge in [-0.2, -0.15) is 0 Å². The Morgan fingerprint density at radius 2 is 1.91 bits per heavy atom. The van der Waals surface area contributed by atoms with Crippen molar-refractivity contribution >= 4 is 16.8 Å². The smallest absolute Gasteiger partial charge is 0.270 e. The molecule has 114 valence electrons. The van der Waals surface area contributed by atoms with Crippen LogP contribution in [0.4, 0.5) is 14.5 Å². The third kappa shape index (κ3) is 2.93. The van der Waals surface area contributed by atoms with Crippen LogP contribution in [0.5, 0.6) is 0 Å². The number of halogens is 2. The van der Waals surface area contributed by atoms with Gasteiger partial charge >= 0.3 is 0 Å². The minimum atomic E-state index is -2.86. The molecule has 0 spiro atoms. The SMILES string of the molecule is CC(Nc1cccc(C(C)(F)F)c1)c1nc2ccccc2o1. The van der Waals surface area contributed by atoms with Gasteiger partial charge in [0.2, 0.25) is 5.89 Å². The Hall–Kier alpha value is -2.43. The molecular formula is C17H16F2N2O. The van der Waals surface area contributed by atoms with Crippen molar-refractivity contribution in [3.8, 4) is 0 Å². The van der Waals surface area contributed by atoms with Crippen LogP contribution in [0.25, 0.3) is 11.1 Å². The second kappa shape index (κ2) is 5.40. The van der Waals surface area contributed by atoms with Gasteiger partial charge in [-0.25, -0.2) is 13.8 Å². The van der Waals surface area contributed by atoms with E-state index in [1.54, 1.807) is 12.1 Å². The van der Waals surface area contributed by atoms with E-state index in [0.717, 1.165) is 12.4 Å². The molecule has 3 aromatic rings. The summed E-state index contributed by atoms with van der Waals surface area (Å²) < 4.78 is 32.4. The fourth-order valence-corrected chi connectivity index (χ4v) is 2.27. The molecule has 1 atom stereocenters. The molecule has 22 heavy (non-hydrogen) atoms. The lowest BCUT2D eigenvalue weighted by molar-refractivity contribution is 0.0175. The van der Waals surface area contributed by atoms with Crippen LogP contribution in [0.3, 0.4) is 0 Å². The molecule has 5 heteroatoms. The summed E-state index contributed by atoms with van der Waals surface area (Å²) in [6, 6.07) is 13.5. The van der Waals surface area contributed by atoms with Gasteiger partial charge in [-0.05, 0) is 31.2 Å². The van der Waals surface area contributed by atoms with E-state index in [-0.39, 0.29) is 11.6 Å². The molecule has 1 N–H and O–H groups in total. The van der Waals surface area contributed by atoms with Crippen molar-refractivity contribution in [1.29, 1.82) is 0 Å². The van der Waals surface area contributed by atoms with Crippen LogP contribution in [0.15, 0.2) is 52.9 Å². The average Bonchev–Trinajstić information content (AvgIpc) is 2.90. The lowest BCUT2D eigenvalue weighted by Gasteiger charge is -2.15. The quantitative estimate of drug-likeness (QED) is 0.727. The average molecular weight is 302 g/mol. The molecule has 0 radical (unpaired) electrons. The Morgan fingerprint density at radius 3 is 2.64 bits per heavy atom. The van der Waals surface area contributed by atoms with Crippen LogP contribution in [0.2, 0.25) is 0 Å². The van der Waals surface area contributed by atoms with Gasteiger partial charge in [0.25, 0.3) is 5.92 Å². The van der Waals surface area contributed by atoms with Gasteiger partial charge in [-0.3, -0.25) is 0 Å². The van der Waals surface area contributed by atoms with Crippen LogP contribution < -0.4 is 5.32 Å². The number of oxazole rings is 1. The number of hydrogen-bond donors (Lipinski definition) is 1. The summed E-state index contributed by atoms with van der Waals surface area (Å²) in [4.78, 5) is 4.40. The Bertz CT molecular complexity index is 759. The van der Waals surface area contributed by atoms with Crippen LogP contribution in [-0.2, 0) is 5.92 Å². The summed E-state index contributed by atoms with van der Waals surface area (Å²) >= 11 is 0. The molecule has 1 unspecified atom stereocenters. The Morgan fingerprint density at radius 1 is 1.14 bits per heavy atom. The molecule has 0 aliphatic heterocycles. The number of nitrogens with one attached hydrogen (secondary N) is 1. The summed E-state index contributed by atoms with van der Waals surface area (Å²) in [5.41, 5.74) is 2.07. The zero-order chi connectivity index (χ0) is 15.7. The molecule has 0 fully saturated rings. The first kappa shape index (κ1) is 14.5. The Balaban J connectivity index is 1.83. The van der Waals surface area contributed by atoms with E-state index in [2.05, 4.69) is 10.3 Å². The van der Waals surface area contributed by atoms with Crippen LogP contribution in [0, 0.1) is 0 Å². The third-order valence-electron chi connectivity index (χ3n) is 3.43. The number of nitrogens with zero attached hydrogens (tertiary/aromatic N) is 1. The highest BCUT2D eigenvalue weighted by atomic mass is 19.3. The zero-order valence-electron chi connectivity index (χ0n) is 12.3. The van der Waals surface area contributed by atoms with Gasteiger partial charge in [0.05, 0.1) is 0 Å². The summed E-state index contributed by atoms with van der Waals surface area (Å²) in [5, 5.41) is 3.14. The number of fused-ring (bicyclic) bond motifs is 1. The van der Waals surface area contributed by atoms with Gasteiger partial charge in [-0.1, -0.05) is 24.3 Å². The summed E-state index contributed by atoms with van der Waals surface area (Å²) in [6.07, 6.45) is 0. The molecule has 0 amide bonds. The van der Waals surface area contributed by atoms with Crippen LogP contribution in [0.1, 0.15) is 31.3 Å². The van der Waals surface area contributed by atoms with E-state index in [0.29, 0.717) is 17.2 Å². The first-order valence-corrected chi connectivity index (χ1v) is 7.04. The van der Waals surface area contributed by atoms with Gasteiger partial charge in [0, 0.05) is 18.2 Å². The van der Waals surface area contributed by atoms with Crippen molar-refractivity contribution in [2.45, 2.75) is 25.8 Å². The van der Waals surface area contributed by atoms with Gasteiger partial charge < -0.3 is 9.73 Å². The number of rotatable bonds is 4. The maximum atomic E-state index is 13.4. The van der Waals surface area contributed by atoms with Gasteiger partial charge in [-0.15, -0.1) is 0 Å². The predicted molar refractivity (Wildman–Crippen MR) is 82.1 cm³/mol. The van der Waals surface area contributed by atoms with E-state index >= 15 is 0 Å². The number of aromatic nitrogens is 1. The maximum Gasteiger partial charge on any atom is 0.270 e. The monoisotopic (exact) mass is 302 g/mol. The Labute approximate surface area is 127 Å². The van der Waals surface area contributed by atoms with Crippen molar-refractivity contribution in [2.75, 3.05) is 5.32 Å². The largest absolute Gasteiger partial charge is 0.438 e. The fraction of sp³-hybridized carbons (Fsp3) is 0.235. The number of hydrogen-bond acceptors (Lipinski definition) is 3. The van der Waals surface area contributed by atoms with Crippen molar-refractivity contribution in [3.63, 3.8) is 0 Å². The molecule has 1 heterocycles. The number of anilines is 1. The van der Waals surface area contributed by atoms with E-state index in [4.69, 9.17) is 4.42 Å². The summed E-state index contributed by atoms with van der Waals surface area (Å²) in [6.45, 7) is 2.76. The second-order valence-electron chi connectivity index (χ2n) is 5.36. The second-order valence-corrected chi connectivity index (χ2v) is 5.36. The topological polar surface area (TPSA) is 38.1 Å². The highest BCUT2D eigenvalue weighted by molar-refractivity contribution is 5.72. The van der Waals surface area contributed by atoms with Gasteiger partial charge in [0.15, 0.2) is 5.58 Å². The summed E-state index contributed by atoms with van der Waals surface area (Å²) in [5.74, 6) is -2.34. The van der Waals surface area contributed by atoms with Crippen molar-refractivity contribution in [3.05, 3.63) is 60.0 Å². The van der Waals surface area contributed by atoms with Crippen molar-refractivity contribution < 1.29 is 13.2 Å². The standard InChI is InChI=1S/C17H16F2N2O/c1-11(16-21-14-8-3-4-9-15(14)22-16)20-13-7-5-6-12(10-13)17(2,18)19/h3-11,20H,1-2H3. The molecule has 0 saturated heterocycles. The zero-order valence-corrected chi connectivity index (χ0v) is 12.3. The number of para-hydroxylation sites is 2. The minimum Gasteiger partial charge on any atom is -0.438 e. The van der Waals surface area contributed by atoms with E-state index in [9.17, 15) is 8.78 Å². The molecule has 0 aliphatic rings. The van der Waals surface area contributed by atoms with Gasteiger partial charge in [0.1, 0.15) is 11.6 Å². The van der Waals surface area contributed by atoms with Crippen molar-refractivity contribution in [1.82, 2.24) is 4.98 Å². The number of alkyl halides is 2. The molecule has 3 nitrogen and oxygen atoms in total. The molecule has 1 aromatic heterocycles. The lowest BCUT2D eigenvalue weighted by atomic mass is 10.1. The van der Waals surface area contributed by atoms with Crippen molar-refractivity contribution in [2.24, 2.45) is 0 Å². The fourth-order valence-electron chi connectivity index (χ4n) is 2.27. The van der Waals surface area contributed by atoms with Crippen LogP contribution in [-0.4, -0.2) is 4.98 Å². The lowest BCUT2D eigenvalue weighted by Crippen LogP contribution is -2.10. The normalized spacial score (nSPS) is 13.3. The highest BCUT2D eigenvalue weighted by Gasteiger charge is 2.24. The maximum absolute atomic E-state index is 13.4. The molecular weight excluding hydrogens is 286 g/mol. The van der Waals surface area contributed by atoms with E-state index in [1.165, 1.54) is 12.1 Å². The predicted octanol–water partition coefficient (Wildman–Crippen LogP) is 5.11. The van der Waals surface area contributed by atoms with E-state index in [1.807, 2.05) is 31.2 Å². The first-order chi connectivity index (χ1) is 10.4. The van der Waals surface area contributed by atoms with Crippen LogP contribution >= 0.6 is 0 Å². The Kier molecular flexibility index (Phi) is 3.56. The summed E-state index contributed by atoms with van der Waals surface area (Å²) in [7, 11) is 0. The molecule has 3 rings (SSSR count). The molecule has 0 bridgehead atoms. The molecule has 2 aromatic carbocycles. The molecule has 0 saturated carbocycles. The molecule has 0 aliphatic carbocycles. The minimum absolute atomic E-state index is 0.0257. The third-order valence-corrected chi connectivity index (χ3v) is 3.43. The first-order valence-electron chi connectivity index (χ1n) is 7.04.